The van der Waals surface area contributed by atoms with E-state index < -0.39 is 0 Å². The van der Waals surface area contributed by atoms with Gasteiger partial charge in [0.2, 0.25) is 0 Å². The van der Waals surface area contributed by atoms with E-state index >= 15 is 0 Å². The van der Waals surface area contributed by atoms with Crippen LogP contribution in [0.2, 0.25) is 5.02 Å². The Kier molecular flexibility index (Phi) is 4.24. The Balaban J connectivity index is 2.09. The first-order valence-corrected chi connectivity index (χ1v) is 6.66. The number of rotatable bonds is 3. The lowest BCUT2D eigenvalue weighted by molar-refractivity contribution is 0.347. The summed E-state index contributed by atoms with van der Waals surface area (Å²) in [4.78, 5) is 11.7. The third-order valence-electron chi connectivity index (χ3n) is 3.50. The predicted octanol–water partition coefficient (Wildman–Crippen LogP) is 1.23. The molecule has 0 amide bonds. The van der Waals surface area contributed by atoms with Crippen LogP contribution in [0, 0.1) is 5.92 Å². The second-order valence-corrected chi connectivity index (χ2v) is 5.22. The molecule has 1 aliphatic heterocycles. The van der Waals surface area contributed by atoms with Gasteiger partial charge in [-0.2, -0.15) is 5.10 Å². The molecule has 0 saturated carbocycles. The number of hydrogen-bond acceptors (Lipinski definition) is 4. The molecule has 0 spiro atoms. The number of nitrogens with one attached hydrogen (secondary N) is 2. The van der Waals surface area contributed by atoms with E-state index in [1.807, 2.05) is 0 Å². The highest BCUT2D eigenvalue weighted by molar-refractivity contribution is 6.32. The van der Waals surface area contributed by atoms with Gasteiger partial charge in [-0.25, -0.2) is 4.68 Å². The molecule has 2 unspecified atom stereocenters. The minimum absolute atomic E-state index is 0.211. The van der Waals surface area contributed by atoms with Crippen molar-refractivity contribution >= 4 is 17.3 Å². The van der Waals surface area contributed by atoms with Crippen LogP contribution in [0.4, 0.5) is 5.69 Å². The number of nitrogens with zero attached hydrogens (tertiary/aromatic N) is 2. The first-order valence-electron chi connectivity index (χ1n) is 6.28. The number of hydrogen-bond donors (Lipinski definition) is 2. The number of halogens is 1. The molecule has 0 bridgehead atoms. The van der Waals surface area contributed by atoms with Crippen molar-refractivity contribution in [2.75, 3.05) is 18.4 Å². The molecule has 1 saturated heterocycles. The zero-order valence-corrected chi connectivity index (χ0v) is 11.5. The Hall–Kier alpha value is -1.07. The van der Waals surface area contributed by atoms with Gasteiger partial charge in [-0.3, -0.25) is 4.79 Å². The molecule has 2 atom stereocenters. The highest BCUT2D eigenvalue weighted by Crippen LogP contribution is 2.21. The normalized spacial score (nSPS) is 21.6. The van der Waals surface area contributed by atoms with Gasteiger partial charge in [0.1, 0.15) is 5.02 Å². The molecule has 0 radical (unpaired) electrons. The topological polar surface area (TPSA) is 59.0 Å². The van der Waals surface area contributed by atoms with Crippen molar-refractivity contribution in [2.45, 2.75) is 25.8 Å². The summed E-state index contributed by atoms with van der Waals surface area (Å²) in [5.74, 6) is 0.555. The van der Waals surface area contributed by atoms with Crippen molar-refractivity contribution in [3.8, 4) is 0 Å². The second kappa shape index (κ2) is 5.71. The predicted molar refractivity (Wildman–Crippen MR) is 73.2 cm³/mol. The molecule has 2 heterocycles. The summed E-state index contributed by atoms with van der Waals surface area (Å²) in [5.41, 5.74) is 0.355. The largest absolute Gasteiger partial charge is 0.380 e. The lowest BCUT2D eigenvalue weighted by Gasteiger charge is -2.29. The molecule has 1 aromatic rings. The molecule has 2 N–H and O–H groups in total. The second-order valence-electron chi connectivity index (χ2n) is 4.84. The lowest BCUT2D eigenvalue weighted by Crippen LogP contribution is -2.39. The summed E-state index contributed by atoms with van der Waals surface area (Å²) < 4.78 is 1.24. The molecule has 100 valence electrons. The fraction of sp³-hybridized carbons (Fsp3) is 0.667. The van der Waals surface area contributed by atoms with Crippen LogP contribution in [0.5, 0.6) is 0 Å². The molecular formula is C12H19ClN4O. The number of piperidine rings is 1. The van der Waals surface area contributed by atoms with Crippen LogP contribution in [0.1, 0.15) is 19.8 Å². The van der Waals surface area contributed by atoms with E-state index in [1.54, 1.807) is 13.2 Å². The maximum atomic E-state index is 11.7. The van der Waals surface area contributed by atoms with Gasteiger partial charge in [-0.05, 0) is 38.8 Å². The summed E-state index contributed by atoms with van der Waals surface area (Å²) in [6.45, 7) is 4.22. The van der Waals surface area contributed by atoms with Crippen molar-refractivity contribution in [3.63, 3.8) is 0 Å². The van der Waals surface area contributed by atoms with Crippen LogP contribution >= 0.6 is 11.6 Å². The van der Waals surface area contributed by atoms with Gasteiger partial charge in [0.15, 0.2) is 0 Å². The molecule has 2 rings (SSSR count). The smallest absolute Gasteiger partial charge is 0.287 e. The van der Waals surface area contributed by atoms with E-state index in [4.69, 9.17) is 11.6 Å². The molecule has 1 fully saturated rings. The van der Waals surface area contributed by atoms with Crippen molar-refractivity contribution in [2.24, 2.45) is 13.0 Å². The minimum atomic E-state index is -0.268. The van der Waals surface area contributed by atoms with Gasteiger partial charge >= 0.3 is 0 Å². The quantitative estimate of drug-likeness (QED) is 0.868. The number of anilines is 1. The minimum Gasteiger partial charge on any atom is -0.380 e. The molecule has 1 aliphatic rings. The van der Waals surface area contributed by atoms with Crippen molar-refractivity contribution in [1.29, 1.82) is 0 Å². The first kappa shape index (κ1) is 13.4. The van der Waals surface area contributed by atoms with Gasteiger partial charge in [0.25, 0.3) is 5.56 Å². The zero-order valence-electron chi connectivity index (χ0n) is 10.7. The molecule has 18 heavy (non-hydrogen) atoms. The van der Waals surface area contributed by atoms with Crippen LogP contribution in [0.3, 0.4) is 0 Å². The fourth-order valence-electron chi connectivity index (χ4n) is 2.28. The summed E-state index contributed by atoms with van der Waals surface area (Å²) in [5, 5.41) is 10.9. The first-order chi connectivity index (χ1) is 8.59. The van der Waals surface area contributed by atoms with Gasteiger partial charge in [-0.15, -0.1) is 0 Å². The van der Waals surface area contributed by atoms with Crippen molar-refractivity contribution in [1.82, 2.24) is 15.1 Å². The van der Waals surface area contributed by atoms with Gasteiger partial charge in [0, 0.05) is 13.1 Å². The summed E-state index contributed by atoms with van der Waals surface area (Å²) in [6.07, 6.45) is 3.99. The molecule has 1 aromatic heterocycles. The maximum Gasteiger partial charge on any atom is 0.287 e. The molecule has 6 heteroatoms. The van der Waals surface area contributed by atoms with E-state index in [0.717, 1.165) is 13.1 Å². The van der Waals surface area contributed by atoms with E-state index in [0.29, 0.717) is 11.6 Å². The zero-order chi connectivity index (χ0) is 13.1. The highest BCUT2D eigenvalue weighted by atomic mass is 35.5. The van der Waals surface area contributed by atoms with E-state index in [-0.39, 0.29) is 16.6 Å². The van der Waals surface area contributed by atoms with Gasteiger partial charge < -0.3 is 10.6 Å². The fourth-order valence-corrected chi connectivity index (χ4v) is 2.51. The van der Waals surface area contributed by atoms with Crippen molar-refractivity contribution < 1.29 is 0 Å². The lowest BCUT2D eigenvalue weighted by atomic mass is 9.93. The van der Waals surface area contributed by atoms with Crippen LogP contribution in [-0.2, 0) is 7.05 Å². The van der Waals surface area contributed by atoms with E-state index in [2.05, 4.69) is 22.7 Å². The Morgan fingerprint density at radius 3 is 3.11 bits per heavy atom. The van der Waals surface area contributed by atoms with Gasteiger partial charge in [0.05, 0.1) is 11.9 Å². The van der Waals surface area contributed by atoms with Crippen LogP contribution < -0.4 is 16.2 Å². The van der Waals surface area contributed by atoms with Gasteiger partial charge in [-0.1, -0.05) is 11.6 Å². The maximum absolute atomic E-state index is 11.7. The van der Waals surface area contributed by atoms with E-state index in [1.165, 1.54) is 17.5 Å². The van der Waals surface area contributed by atoms with E-state index in [9.17, 15) is 4.79 Å². The van der Waals surface area contributed by atoms with Crippen LogP contribution in [0.25, 0.3) is 0 Å². The summed E-state index contributed by atoms with van der Waals surface area (Å²) in [6, 6.07) is 0.268. The van der Waals surface area contributed by atoms with Crippen molar-refractivity contribution in [3.05, 3.63) is 21.6 Å². The average molecular weight is 271 g/mol. The summed E-state index contributed by atoms with van der Waals surface area (Å²) in [7, 11) is 1.59. The van der Waals surface area contributed by atoms with Crippen LogP contribution in [0.15, 0.2) is 11.0 Å². The average Bonchev–Trinajstić information content (AvgIpc) is 2.40. The Morgan fingerprint density at radius 2 is 2.44 bits per heavy atom. The molecule has 0 aliphatic carbocycles. The Labute approximate surface area is 112 Å². The third-order valence-corrected chi connectivity index (χ3v) is 3.87. The Bertz CT molecular complexity index is 468. The number of aromatic nitrogens is 2. The number of aryl methyl sites for hydroxylation is 1. The summed E-state index contributed by atoms with van der Waals surface area (Å²) >= 11 is 6.03. The third kappa shape index (κ3) is 2.84. The molecule has 5 nitrogen and oxygen atoms in total. The monoisotopic (exact) mass is 270 g/mol. The Morgan fingerprint density at radius 1 is 1.67 bits per heavy atom. The highest BCUT2D eigenvalue weighted by Gasteiger charge is 2.20. The SMILES string of the molecule is CC(Nc1cnn(C)c(=O)c1Cl)C1CCCNC1. The molecular weight excluding hydrogens is 252 g/mol. The van der Waals surface area contributed by atoms with Crippen LogP contribution in [-0.4, -0.2) is 28.9 Å². The standard InChI is InChI=1S/C12H19ClN4O/c1-8(9-4-3-5-14-6-9)16-10-7-15-17(2)12(18)11(10)13/h7-9,14,16H,3-6H2,1-2H3. The molecule has 0 aromatic carbocycles.